The smallest absolute Gasteiger partial charge is 0.410 e. The lowest BCUT2D eigenvalue weighted by molar-refractivity contribution is -0.128. The number of likely N-dealkylation sites (tertiary alicyclic amines) is 1. The summed E-state index contributed by atoms with van der Waals surface area (Å²) in [5.41, 5.74) is 1.23. The Labute approximate surface area is 225 Å². The van der Waals surface area contributed by atoms with E-state index in [1.54, 1.807) is 11.1 Å². The second-order valence-electron chi connectivity index (χ2n) is 11.7. The summed E-state index contributed by atoms with van der Waals surface area (Å²) in [6, 6.07) is -0.0215. The van der Waals surface area contributed by atoms with Crippen molar-refractivity contribution in [3.05, 3.63) is 17.5 Å². The maximum atomic E-state index is 13.1. The van der Waals surface area contributed by atoms with E-state index in [9.17, 15) is 9.59 Å². The van der Waals surface area contributed by atoms with Gasteiger partial charge in [0.2, 0.25) is 0 Å². The number of hydrogen-bond donors (Lipinski definition) is 0. The van der Waals surface area contributed by atoms with Crippen LogP contribution in [-0.2, 0) is 21.4 Å². The number of Topliss-reactive ketones (excluding diaryl/α,β-unsaturated/α-hetero) is 1. The van der Waals surface area contributed by atoms with E-state index in [0.29, 0.717) is 36.7 Å². The molecule has 10 nitrogen and oxygen atoms in total. The molecule has 2 aliphatic carbocycles. The van der Waals surface area contributed by atoms with E-state index >= 15 is 0 Å². The van der Waals surface area contributed by atoms with Gasteiger partial charge >= 0.3 is 6.09 Å². The molecule has 0 N–H and O–H groups in total. The lowest BCUT2D eigenvalue weighted by Gasteiger charge is -2.36. The summed E-state index contributed by atoms with van der Waals surface area (Å²) in [4.78, 5) is 37.3. The van der Waals surface area contributed by atoms with Crippen molar-refractivity contribution in [3.8, 4) is 11.5 Å². The normalized spacial score (nSPS) is 23.8. The minimum Gasteiger partial charge on any atom is -0.444 e. The van der Waals surface area contributed by atoms with Crippen molar-refractivity contribution < 1.29 is 18.8 Å². The first-order valence-corrected chi connectivity index (χ1v) is 14.7. The molecule has 1 saturated heterocycles. The number of nitrogens with zero attached hydrogens (tertiary/aromatic N) is 6. The van der Waals surface area contributed by atoms with Gasteiger partial charge in [-0.15, -0.1) is 11.8 Å². The zero-order valence-corrected chi connectivity index (χ0v) is 23.3. The van der Waals surface area contributed by atoms with Crippen molar-refractivity contribution in [1.82, 2.24) is 29.8 Å². The van der Waals surface area contributed by atoms with Gasteiger partial charge in [-0.3, -0.25) is 4.79 Å². The first-order valence-electron chi connectivity index (χ1n) is 13.5. The van der Waals surface area contributed by atoms with E-state index in [4.69, 9.17) is 19.2 Å². The predicted octanol–water partition coefficient (Wildman–Crippen LogP) is 5.10. The molecule has 0 aromatic carbocycles. The molecule has 38 heavy (non-hydrogen) atoms. The van der Waals surface area contributed by atoms with E-state index in [1.807, 2.05) is 31.7 Å². The van der Waals surface area contributed by atoms with E-state index in [1.165, 1.54) is 11.8 Å². The molecule has 2 atom stereocenters. The monoisotopic (exact) mass is 538 g/mol. The summed E-state index contributed by atoms with van der Waals surface area (Å²) in [5.74, 6) is 1.51. The lowest BCUT2D eigenvalue weighted by Crippen LogP contribution is -2.41. The number of amides is 1. The number of fused-ring (bicyclic) bond motifs is 3. The van der Waals surface area contributed by atoms with Crippen molar-refractivity contribution in [1.29, 1.82) is 0 Å². The van der Waals surface area contributed by atoms with Crippen LogP contribution in [0.15, 0.2) is 15.7 Å². The van der Waals surface area contributed by atoms with Crippen LogP contribution in [0.25, 0.3) is 22.6 Å². The van der Waals surface area contributed by atoms with Crippen LogP contribution >= 0.6 is 11.8 Å². The number of carbonyl (C=O) groups excluding carboxylic acids is 2. The molecule has 0 bridgehead atoms. The number of aromatic nitrogens is 5. The molecule has 1 amide bonds. The van der Waals surface area contributed by atoms with Crippen LogP contribution in [-0.4, -0.2) is 66.6 Å². The minimum absolute atomic E-state index is 0.0215. The molecule has 6 rings (SSSR count). The number of ketones is 1. The number of thioether (sulfide) groups is 1. The molecule has 2 fully saturated rings. The van der Waals surface area contributed by atoms with Gasteiger partial charge in [0.15, 0.2) is 22.9 Å². The van der Waals surface area contributed by atoms with Crippen LogP contribution in [0.1, 0.15) is 83.1 Å². The average Bonchev–Trinajstić information content (AvgIpc) is 3.62. The van der Waals surface area contributed by atoms with Gasteiger partial charge in [0.1, 0.15) is 16.4 Å². The molecule has 11 heteroatoms. The molecule has 1 aliphatic heterocycles. The number of hydrogen-bond acceptors (Lipinski definition) is 9. The number of rotatable bonds is 3. The van der Waals surface area contributed by atoms with E-state index < -0.39 is 11.0 Å². The first-order chi connectivity index (χ1) is 18.2. The van der Waals surface area contributed by atoms with E-state index in [-0.39, 0.29) is 17.9 Å². The van der Waals surface area contributed by atoms with Crippen LogP contribution < -0.4 is 0 Å². The predicted molar refractivity (Wildman–Crippen MR) is 142 cm³/mol. The zero-order chi connectivity index (χ0) is 26.7. The minimum atomic E-state index is -0.541. The van der Waals surface area contributed by atoms with Gasteiger partial charge in [0, 0.05) is 25.1 Å². The summed E-state index contributed by atoms with van der Waals surface area (Å²) < 4.78 is 13.4. The Kier molecular flexibility index (Phi) is 6.24. The molecule has 0 radical (unpaired) electrons. The van der Waals surface area contributed by atoms with Gasteiger partial charge in [-0.05, 0) is 65.6 Å². The molecule has 202 valence electrons. The molecular formula is C27H34N6O4S. The standard InChI is InChI=1S/C27H34N6O4S/c1-26(2,3)36-25(35)32-13-10-16(15-32)33-23-18(14-28-33)24(38-4)30-22(29-23)20-17-8-7-12-27(21(17)37-31-20)11-6-5-9-19(27)34/h14,16H,5-13,15H2,1-4H3/t16-,27+/m0/s1. The van der Waals surface area contributed by atoms with Crippen LogP contribution in [0.5, 0.6) is 0 Å². The fraction of sp³-hybridized carbons (Fsp3) is 0.630. The second-order valence-corrected chi connectivity index (χ2v) is 12.5. The summed E-state index contributed by atoms with van der Waals surface area (Å²) in [6.07, 6.45) is 10.2. The lowest BCUT2D eigenvalue weighted by atomic mass is 9.64. The van der Waals surface area contributed by atoms with Gasteiger partial charge in [-0.1, -0.05) is 11.6 Å². The highest BCUT2D eigenvalue weighted by molar-refractivity contribution is 7.98. The largest absolute Gasteiger partial charge is 0.444 e. The Morgan fingerprint density at radius 3 is 2.76 bits per heavy atom. The van der Waals surface area contributed by atoms with Crippen molar-refractivity contribution in [2.45, 2.75) is 94.2 Å². The summed E-state index contributed by atoms with van der Waals surface area (Å²) in [7, 11) is 0. The molecular weight excluding hydrogens is 504 g/mol. The van der Waals surface area contributed by atoms with Crippen molar-refractivity contribution in [2.24, 2.45) is 0 Å². The first kappa shape index (κ1) is 25.3. The third-order valence-electron chi connectivity index (χ3n) is 8.03. The molecule has 1 spiro atoms. The van der Waals surface area contributed by atoms with Gasteiger partial charge in [-0.2, -0.15) is 5.10 Å². The van der Waals surface area contributed by atoms with E-state index in [2.05, 4.69) is 10.3 Å². The Morgan fingerprint density at radius 1 is 1.18 bits per heavy atom. The fourth-order valence-electron chi connectivity index (χ4n) is 6.23. The third kappa shape index (κ3) is 4.19. The highest BCUT2D eigenvalue weighted by atomic mass is 32.2. The molecule has 0 unspecified atom stereocenters. The molecule has 1 saturated carbocycles. The Balaban J connectivity index is 1.36. The SMILES string of the molecule is CSc1nc(-c2noc3c2CCC[C@@]32CCCCC2=O)nc2c1cnn2[C@H]1CCN(C(=O)OC(C)(C)C)C1. The van der Waals surface area contributed by atoms with Gasteiger partial charge < -0.3 is 14.2 Å². The molecule has 3 aliphatic rings. The maximum Gasteiger partial charge on any atom is 0.410 e. The zero-order valence-electron chi connectivity index (χ0n) is 22.5. The summed E-state index contributed by atoms with van der Waals surface area (Å²) in [6.45, 7) is 6.72. The Morgan fingerprint density at radius 2 is 2.00 bits per heavy atom. The van der Waals surface area contributed by atoms with Gasteiger partial charge in [0.05, 0.1) is 23.0 Å². The molecule has 4 heterocycles. The summed E-state index contributed by atoms with van der Waals surface area (Å²) >= 11 is 1.54. The average molecular weight is 539 g/mol. The fourth-order valence-corrected chi connectivity index (χ4v) is 6.77. The van der Waals surface area contributed by atoms with Crippen LogP contribution in [0.2, 0.25) is 0 Å². The van der Waals surface area contributed by atoms with Crippen LogP contribution in [0, 0.1) is 0 Å². The Hall–Kier alpha value is -2.95. The summed E-state index contributed by atoms with van der Waals surface area (Å²) in [5, 5.41) is 10.8. The third-order valence-corrected chi connectivity index (χ3v) is 8.73. The van der Waals surface area contributed by atoms with Crippen molar-refractivity contribution >= 4 is 34.7 Å². The topological polar surface area (TPSA) is 116 Å². The molecule has 3 aromatic heterocycles. The van der Waals surface area contributed by atoms with Gasteiger partial charge in [-0.25, -0.2) is 19.4 Å². The highest BCUT2D eigenvalue weighted by Gasteiger charge is 2.48. The van der Waals surface area contributed by atoms with Gasteiger partial charge in [0.25, 0.3) is 0 Å². The van der Waals surface area contributed by atoms with E-state index in [0.717, 1.165) is 66.7 Å². The quantitative estimate of drug-likeness (QED) is 0.331. The van der Waals surface area contributed by atoms with Crippen LogP contribution in [0.4, 0.5) is 4.79 Å². The molecule has 3 aromatic rings. The van der Waals surface area contributed by atoms with Crippen molar-refractivity contribution in [2.75, 3.05) is 19.3 Å². The highest BCUT2D eigenvalue weighted by Crippen LogP contribution is 2.47. The number of ether oxygens (including phenoxy) is 1. The van der Waals surface area contributed by atoms with Crippen molar-refractivity contribution in [3.63, 3.8) is 0 Å². The number of carbonyl (C=O) groups is 2. The maximum absolute atomic E-state index is 13.1. The Bertz CT molecular complexity index is 1410. The second kappa shape index (κ2) is 9.36. The van der Waals surface area contributed by atoms with Crippen LogP contribution in [0.3, 0.4) is 0 Å².